The van der Waals surface area contributed by atoms with Gasteiger partial charge in [0.05, 0.1) is 17.1 Å². The van der Waals surface area contributed by atoms with Gasteiger partial charge < -0.3 is 15.0 Å². The maximum atomic E-state index is 12.7. The first-order valence-electron chi connectivity index (χ1n) is 10.2. The van der Waals surface area contributed by atoms with E-state index < -0.39 is 16.0 Å². The van der Waals surface area contributed by atoms with Gasteiger partial charge in [0.15, 0.2) is 0 Å². The number of aromatic nitrogens is 1. The fraction of sp³-hybridized carbons (Fsp3) is 0.364. The SMILES string of the molecule is CCOC(=O)c1[nH]c(C=C2C(=O)Nc3ccc(S(=O)(=O)N(C)C)cc32)c2c1CCCC2. The zero-order chi connectivity index (χ0) is 22.3. The molecule has 31 heavy (non-hydrogen) atoms. The van der Waals surface area contributed by atoms with Crippen molar-refractivity contribution < 1.29 is 22.7 Å². The Morgan fingerprint density at radius 3 is 2.58 bits per heavy atom. The molecule has 0 atom stereocenters. The summed E-state index contributed by atoms with van der Waals surface area (Å²) in [6.45, 7) is 2.04. The molecule has 1 aromatic heterocycles. The van der Waals surface area contributed by atoms with Crippen molar-refractivity contribution in [2.75, 3.05) is 26.0 Å². The molecule has 0 saturated carbocycles. The minimum absolute atomic E-state index is 0.111. The van der Waals surface area contributed by atoms with Crippen LogP contribution in [-0.2, 0) is 32.4 Å². The van der Waals surface area contributed by atoms with Gasteiger partial charge in [0.2, 0.25) is 10.0 Å². The Morgan fingerprint density at radius 2 is 1.90 bits per heavy atom. The third-order valence-electron chi connectivity index (χ3n) is 5.68. The van der Waals surface area contributed by atoms with Crippen molar-refractivity contribution in [3.63, 3.8) is 0 Å². The number of hydrogen-bond acceptors (Lipinski definition) is 5. The van der Waals surface area contributed by atoms with Gasteiger partial charge in [-0.25, -0.2) is 17.5 Å². The van der Waals surface area contributed by atoms with Gasteiger partial charge in [-0.15, -0.1) is 0 Å². The first kappa shape index (κ1) is 21.3. The number of esters is 1. The zero-order valence-corrected chi connectivity index (χ0v) is 18.6. The van der Waals surface area contributed by atoms with Gasteiger partial charge in [-0.1, -0.05) is 0 Å². The predicted molar refractivity (Wildman–Crippen MR) is 117 cm³/mol. The summed E-state index contributed by atoms with van der Waals surface area (Å²) in [5.41, 5.74) is 4.52. The fourth-order valence-corrected chi connectivity index (χ4v) is 5.02. The smallest absolute Gasteiger partial charge is 0.355 e. The summed E-state index contributed by atoms with van der Waals surface area (Å²) in [5, 5.41) is 2.78. The van der Waals surface area contributed by atoms with Crippen LogP contribution in [0.3, 0.4) is 0 Å². The molecular weight excluding hydrogens is 418 g/mol. The van der Waals surface area contributed by atoms with Gasteiger partial charge in [0.25, 0.3) is 5.91 Å². The van der Waals surface area contributed by atoms with Gasteiger partial charge in [0.1, 0.15) is 5.69 Å². The monoisotopic (exact) mass is 443 g/mol. The molecule has 0 radical (unpaired) electrons. The molecule has 1 aliphatic heterocycles. The predicted octanol–water partition coefficient (Wildman–Crippen LogP) is 2.81. The largest absolute Gasteiger partial charge is 0.461 e. The molecule has 1 aromatic carbocycles. The quantitative estimate of drug-likeness (QED) is 0.546. The molecule has 2 heterocycles. The van der Waals surface area contributed by atoms with Crippen molar-refractivity contribution in [3.05, 3.63) is 46.3 Å². The Kier molecular flexibility index (Phi) is 5.49. The molecule has 0 fully saturated rings. The average molecular weight is 444 g/mol. The van der Waals surface area contributed by atoms with Crippen molar-refractivity contribution in [2.24, 2.45) is 0 Å². The van der Waals surface area contributed by atoms with Crippen molar-refractivity contribution in [1.29, 1.82) is 0 Å². The van der Waals surface area contributed by atoms with E-state index in [4.69, 9.17) is 4.74 Å². The summed E-state index contributed by atoms with van der Waals surface area (Å²) in [4.78, 5) is 28.4. The topological polar surface area (TPSA) is 109 Å². The Balaban J connectivity index is 1.83. The van der Waals surface area contributed by atoms with Crippen LogP contribution in [0.4, 0.5) is 5.69 Å². The number of ether oxygens (including phenoxy) is 1. The highest BCUT2D eigenvalue weighted by molar-refractivity contribution is 7.89. The third kappa shape index (κ3) is 3.68. The summed E-state index contributed by atoms with van der Waals surface area (Å²) in [7, 11) is -0.716. The first-order chi connectivity index (χ1) is 14.7. The van der Waals surface area contributed by atoms with Gasteiger partial charge in [0, 0.05) is 31.0 Å². The van der Waals surface area contributed by atoms with Gasteiger partial charge >= 0.3 is 5.97 Å². The average Bonchev–Trinajstić information content (AvgIpc) is 3.26. The second-order valence-electron chi connectivity index (χ2n) is 7.81. The number of aromatic amines is 1. The number of amides is 1. The standard InChI is InChI=1S/C22H25N3O5S/c1-4-30-22(27)20-15-8-6-5-7-14(15)19(23-20)12-17-16-11-13(31(28,29)25(2)3)9-10-18(16)24-21(17)26/h9-12,23H,4-8H2,1-3H3,(H,24,26). The van der Waals surface area contributed by atoms with Crippen LogP contribution in [0, 0.1) is 0 Å². The van der Waals surface area contributed by atoms with E-state index >= 15 is 0 Å². The number of fused-ring (bicyclic) bond motifs is 2. The lowest BCUT2D eigenvalue weighted by Crippen LogP contribution is -2.22. The number of carbonyl (C=O) groups is 2. The van der Waals surface area contributed by atoms with Crippen LogP contribution >= 0.6 is 0 Å². The molecule has 1 aliphatic carbocycles. The van der Waals surface area contributed by atoms with Gasteiger partial charge in [-0.3, -0.25) is 4.79 Å². The Labute approximate surface area is 181 Å². The number of H-pyrrole nitrogens is 1. The molecule has 2 aromatic rings. The van der Waals surface area contributed by atoms with Crippen molar-refractivity contribution >= 4 is 39.2 Å². The second-order valence-corrected chi connectivity index (χ2v) is 9.96. The van der Waals surface area contributed by atoms with Crippen molar-refractivity contribution in [3.8, 4) is 0 Å². The number of carbonyl (C=O) groups excluding carboxylic acids is 2. The highest BCUT2D eigenvalue weighted by atomic mass is 32.2. The third-order valence-corrected chi connectivity index (χ3v) is 7.49. The molecule has 0 spiro atoms. The summed E-state index contributed by atoms with van der Waals surface area (Å²) in [6.07, 6.45) is 5.27. The minimum atomic E-state index is -3.64. The first-order valence-corrected chi connectivity index (χ1v) is 11.7. The van der Waals surface area contributed by atoms with Crippen LogP contribution in [0.1, 0.15) is 52.6 Å². The van der Waals surface area contributed by atoms with Crippen LogP contribution in [-0.4, -0.2) is 50.3 Å². The van der Waals surface area contributed by atoms with E-state index in [9.17, 15) is 18.0 Å². The van der Waals surface area contributed by atoms with E-state index in [1.807, 2.05) is 0 Å². The number of anilines is 1. The van der Waals surface area contributed by atoms with E-state index in [-0.39, 0.29) is 17.4 Å². The second kappa shape index (κ2) is 7.97. The van der Waals surface area contributed by atoms with Gasteiger partial charge in [-0.2, -0.15) is 0 Å². The normalized spacial score (nSPS) is 16.9. The number of benzene rings is 1. The lowest BCUT2D eigenvalue weighted by molar-refractivity contribution is -0.110. The number of rotatable bonds is 5. The molecule has 164 valence electrons. The van der Waals surface area contributed by atoms with E-state index in [0.717, 1.165) is 41.1 Å². The maximum Gasteiger partial charge on any atom is 0.355 e. The number of nitrogens with zero attached hydrogens (tertiary/aromatic N) is 1. The molecule has 0 unspecified atom stereocenters. The zero-order valence-electron chi connectivity index (χ0n) is 17.7. The molecule has 4 rings (SSSR count). The molecule has 2 N–H and O–H groups in total. The number of nitrogens with one attached hydrogen (secondary N) is 2. The number of sulfonamides is 1. The summed E-state index contributed by atoms with van der Waals surface area (Å²) in [6, 6.07) is 4.58. The molecule has 0 saturated heterocycles. The van der Waals surface area contributed by atoms with Crippen LogP contribution in [0.2, 0.25) is 0 Å². The summed E-state index contributed by atoms with van der Waals surface area (Å²) in [5.74, 6) is -0.716. The van der Waals surface area contributed by atoms with Gasteiger partial charge in [-0.05, 0) is 68.0 Å². The van der Waals surface area contributed by atoms with Crippen LogP contribution < -0.4 is 5.32 Å². The molecular formula is C22H25N3O5S. The molecule has 8 nitrogen and oxygen atoms in total. The maximum absolute atomic E-state index is 12.7. The van der Waals surface area contributed by atoms with Crippen LogP contribution in [0.5, 0.6) is 0 Å². The Bertz CT molecular complexity index is 1210. The highest BCUT2D eigenvalue weighted by Crippen LogP contribution is 2.37. The van der Waals surface area contributed by atoms with Crippen molar-refractivity contribution in [1.82, 2.24) is 9.29 Å². The van der Waals surface area contributed by atoms with Crippen molar-refractivity contribution in [2.45, 2.75) is 37.5 Å². The minimum Gasteiger partial charge on any atom is -0.461 e. The molecule has 0 bridgehead atoms. The number of hydrogen-bond donors (Lipinski definition) is 2. The van der Waals surface area contributed by atoms with E-state index in [1.165, 1.54) is 26.2 Å². The lowest BCUT2D eigenvalue weighted by atomic mass is 9.91. The molecule has 1 amide bonds. The fourth-order valence-electron chi connectivity index (χ4n) is 4.09. The van der Waals surface area contributed by atoms with E-state index in [1.54, 1.807) is 19.1 Å². The summed E-state index contributed by atoms with van der Waals surface area (Å²) < 4.78 is 31.4. The van der Waals surface area contributed by atoms with E-state index in [0.29, 0.717) is 28.2 Å². The Hall–Kier alpha value is -2.91. The lowest BCUT2D eigenvalue weighted by Gasteiger charge is -2.13. The Morgan fingerprint density at radius 1 is 1.19 bits per heavy atom. The summed E-state index contributed by atoms with van der Waals surface area (Å²) >= 11 is 0. The van der Waals surface area contributed by atoms with Crippen LogP contribution in [0.15, 0.2) is 23.1 Å². The van der Waals surface area contributed by atoms with E-state index in [2.05, 4.69) is 10.3 Å². The highest BCUT2D eigenvalue weighted by Gasteiger charge is 2.29. The molecule has 9 heteroatoms. The molecule has 2 aliphatic rings. The van der Waals surface area contributed by atoms with Crippen LogP contribution in [0.25, 0.3) is 11.6 Å².